The maximum absolute atomic E-state index is 12.9. The van der Waals surface area contributed by atoms with E-state index in [9.17, 15) is 14.4 Å². The molecule has 0 radical (unpaired) electrons. The number of amides is 1. The van der Waals surface area contributed by atoms with Gasteiger partial charge in [0.05, 0.1) is 31.2 Å². The van der Waals surface area contributed by atoms with Gasteiger partial charge in [-0.15, -0.1) is 0 Å². The van der Waals surface area contributed by atoms with Crippen molar-refractivity contribution in [3.05, 3.63) is 58.4 Å². The molecule has 0 saturated carbocycles. The van der Waals surface area contributed by atoms with Crippen LogP contribution in [0.3, 0.4) is 0 Å². The maximum atomic E-state index is 12.9. The predicted octanol–water partition coefficient (Wildman–Crippen LogP) is 3.23. The third-order valence-electron chi connectivity index (χ3n) is 4.33. The third kappa shape index (κ3) is 5.00. The summed E-state index contributed by atoms with van der Waals surface area (Å²) in [5, 5.41) is 2.87. The summed E-state index contributed by atoms with van der Waals surface area (Å²) in [6.07, 6.45) is 0.00701. The number of aromatic amines is 1. The lowest BCUT2D eigenvalue weighted by Crippen LogP contribution is -2.31. The number of nitrogens with one attached hydrogen (secondary N) is 2. The van der Waals surface area contributed by atoms with Crippen molar-refractivity contribution < 1.29 is 23.9 Å². The lowest BCUT2D eigenvalue weighted by Gasteiger charge is -2.18. The number of esters is 2. The normalized spacial score (nSPS) is 11.6. The Labute approximate surface area is 164 Å². The summed E-state index contributed by atoms with van der Waals surface area (Å²) in [5.41, 5.74) is 2.48. The van der Waals surface area contributed by atoms with Crippen LogP contribution in [0.15, 0.2) is 30.3 Å². The molecule has 1 aromatic heterocycles. The minimum Gasteiger partial charge on any atom is -0.466 e. The second-order valence-corrected chi connectivity index (χ2v) is 6.29. The number of ether oxygens (including phenoxy) is 2. The molecule has 0 aliphatic rings. The van der Waals surface area contributed by atoms with Gasteiger partial charge in [0.15, 0.2) is 0 Å². The van der Waals surface area contributed by atoms with Crippen molar-refractivity contribution in [3.8, 4) is 0 Å². The first-order valence-corrected chi connectivity index (χ1v) is 9.26. The van der Waals surface area contributed by atoms with Gasteiger partial charge in [0, 0.05) is 5.69 Å². The average Bonchev–Trinajstić information content (AvgIpc) is 2.96. The van der Waals surface area contributed by atoms with Crippen LogP contribution in [0.4, 0.5) is 0 Å². The molecule has 7 nitrogen and oxygen atoms in total. The maximum Gasteiger partial charge on any atom is 0.340 e. The van der Waals surface area contributed by atoms with Crippen molar-refractivity contribution in [2.75, 3.05) is 13.2 Å². The van der Waals surface area contributed by atoms with Gasteiger partial charge in [-0.2, -0.15) is 0 Å². The largest absolute Gasteiger partial charge is 0.466 e. The predicted molar refractivity (Wildman–Crippen MR) is 104 cm³/mol. The van der Waals surface area contributed by atoms with Crippen LogP contribution in [0.2, 0.25) is 0 Å². The molecular formula is C21H26N2O5. The Hall–Kier alpha value is -3.09. The highest BCUT2D eigenvalue weighted by atomic mass is 16.5. The van der Waals surface area contributed by atoms with E-state index >= 15 is 0 Å². The molecule has 1 unspecified atom stereocenters. The van der Waals surface area contributed by atoms with Gasteiger partial charge in [0.1, 0.15) is 5.69 Å². The fourth-order valence-corrected chi connectivity index (χ4v) is 3.04. The zero-order valence-corrected chi connectivity index (χ0v) is 16.6. The number of H-pyrrole nitrogens is 1. The minimum atomic E-state index is -0.554. The number of aryl methyl sites for hydroxylation is 1. The van der Waals surface area contributed by atoms with Gasteiger partial charge >= 0.3 is 11.9 Å². The fraction of sp³-hybridized carbons (Fsp3) is 0.381. The van der Waals surface area contributed by atoms with Crippen LogP contribution >= 0.6 is 0 Å². The van der Waals surface area contributed by atoms with Crippen molar-refractivity contribution in [1.82, 2.24) is 10.3 Å². The topological polar surface area (TPSA) is 97.5 Å². The number of hydrogen-bond acceptors (Lipinski definition) is 5. The minimum absolute atomic E-state index is 0.00701. The van der Waals surface area contributed by atoms with E-state index in [1.165, 1.54) is 0 Å². The fourth-order valence-electron chi connectivity index (χ4n) is 3.04. The highest BCUT2D eigenvalue weighted by molar-refractivity contribution is 6.00. The number of rotatable bonds is 8. The van der Waals surface area contributed by atoms with E-state index in [0.29, 0.717) is 16.8 Å². The quantitative estimate of drug-likeness (QED) is 0.679. The Morgan fingerprint density at radius 3 is 2.29 bits per heavy atom. The summed E-state index contributed by atoms with van der Waals surface area (Å²) in [7, 11) is 0. The van der Waals surface area contributed by atoms with Gasteiger partial charge in [0.2, 0.25) is 0 Å². The highest BCUT2D eigenvalue weighted by Crippen LogP contribution is 2.22. The van der Waals surface area contributed by atoms with Crippen LogP contribution in [-0.4, -0.2) is 36.0 Å². The van der Waals surface area contributed by atoms with Crippen molar-refractivity contribution in [2.45, 2.75) is 40.2 Å². The monoisotopic (exact) mass is 386 g/mol. The van der Waals surface area contributed by atoms with Crippen LogP contribution in [0.5, 0.6) is 0 Å². The number of benzene rings is 1. The van der Waals surface area contributed by atoms with Crippen molar-refractivity contribution in [3.63, 3.8) is 0 Å². The standard InChI is InChI=1S/C21H26N2O5/c1-5-27-17(24)12-16(15-10-8-7-9-11-15)23-20(25)19-13(3)18(14(4)22-19)21(26)28-6-2/h7-11,16,22H,5-6,12H2,1-4H3,(H,23,25). The summed E-state index contributed by atoms with van der Waals surface area (Å²) in [4.78, 5) is 40.0. The van der Waals surface area contributed by atoms with E-state index < -0.39 is 23.9 Å². The molecule has 0 aliphatic heterocycles. The van der Waals surface area contributed by atoms with Crippen LogP contribution in [0, 0.1) is 13.8 Å². The van der Waals surface area contributed by atoms with E-state index in [1.807, 2.05) is 30.3 Å². The third-order valence-corrected chi connectivity index (χ3v) is 4.33. The molecule has 0 fully saturated rings. The Bertz CT molecular complexity index is 842. The molecule has 0 aliphatic carbocycles. The molecule has 2 aromatic rings. The molecule has 1 atom stereocenters. The van der Waals surface area contributed by atoms with Gasteiger partial charge in [-0.1, -0.05) is 30.3 Å². The molecule has 7 heteroatoms. The van der Waals surface area contributed by atoms with Gasteiger partial charge in [0.25, 0.3) is 5.91 Å². The first-order chi connectivity index (χ1) is 13.4. The molecule has 1 aromatic carbocycles. The van der Waals surface area contributed by atoms with Crippen LogP contribution < -0.4 is 5.32 Å². The Kier molecular flexibility index (Phi) is 7.37. The zero-order valence-electron chi connectivity index (χ0n) is 16.6. The second kappa shape index (κ2) is 9.73. The number of carbonyl (C=O) groups is 3. The molecule has 1 amide bonds. The van der Waals surface area contributed by atoms with Crippen LogP contribution in [-0.2, 0) is 14.3 Å². The molecule has 2 rings (SSSR count). The summed E-state index contributed by atoms with van der Waals surface area (Å²) in [6.45, 7) is 7.38. The first kappa shape index (κ1) is 21.2. The van der Waals surface area contributed by atoms with E-state index in [0.717, 1.165) is 5.56 Å². The van der Waals surface area contributed by atoms with E-state index in [-0.39, 0.29) is 25.3 Å². The SMILES string of the molecule is CCOC(=O)CC(NC(=O)c1[nH]c(C)c(C(=O)OCC)c1C)c1ccccc1. The molecule has 28 heavy (non-hydrogen) atoms. The van der Waals surface area contributed by atoms with Crippen LogP contribution in [0.25, 0.3) is 0 Å². The van der Waals surface area contributed by atoms with E-state index in [4.69, 9.17) is 9.47 Å². The molecule has 0 saturated heterocycles. The first-order valence-electron chi connectivity index (χ1n) is 9.26. The number of aromatic nitrogens is 1. The molecule has 0 spiro atoms. The lowest BCUT2D eigenvalue weighted by molar-refractivity contribution is -0.143. The molecule has 1 heterocycles. The number of hydrogen-bond donors (Lipinski definition) is 2. The molecule has 0 bridgehead atoms. The van der Waals surface area contributed by atoms with E-state index in [2.05, 4.69) is 10.3 Å². The summed E-state index contributed by atoms with van der Waals surface area (Å²) in [6, 6.07) is 8.64. The molecular weight excluding hydrogens is 360 g/mol. The van der Waals surface area contributed by atoms with E-state index in [1.54, 1.807) is 27.7 Å². The second-order valence-electron chi connectivity index (χ2n) is 6.29. The van der Waals surface area contributed by atoms with Crippen molar-refractivity contribution in [2.24, 2.45) is 0 Å². The van der Waals surface area contributed by atoms with Gasteiger partial charge < -0.3 is 19.8 Å². The Morgan fingerprint density at radius 1 is 1.04 bits per heavy atom. The van der Waals surface area contributed by atoms with Gasteiger partial charge in [-0.05, 0) is 38.8 Å². The zero-order chi connectivity index (χ0) is 20.7. The van der Waals surface area contributed by atoms with Crippen LogP contribution in [0.1, 0.15) is 64.0 Å². The Morgan fingerprint density at radius 2 is 1.68 bits per heavy atom. The smallest absolute Gasteiger partial charge is 0.340 e. The lowest BCUT2D eigenvalue weighted by atomic mass is 10.0. The van der Waals surface area contributed by atoms with Gasteiger partial charge in [-0.25, -0.2) is 4.79 Å². The summed E-state index contributed by atoms with van der Waals surface area (Å²) < 4.78 is 10.1. The van der Waals surface area contributed by atoms with Crippen molar-refractivity contribution in [1.29, 1.82) is 0 Å². The summed E-state index contributed by atoms with van der Waals surface area (Å²) in [5.74, 6) is -1.28. The summed E-state index contributed by atoms with van der Waals surface area (Å²) >= 11 is 0. The Balaban J connectivity index is 2.27. The highest BCUT2D eigenvalue weighted by Gasteiger charge is 2.25. The van der Waals surface area contributed by atoms with Crippen molar-refractivity contribution >= 4 is 17.8 Å². The average molecular weight is 386 g/mol. The molecule has 150 valence electrons. The molecule has 2 N–H and O–H groups in total. The number of carbonyl (C=O) groups excluding carboxylic acids is 3. The van der Waals surface area contributed by atoms with Gasteiger partial charge in [-0.3, -0.25) is 9.59 Å².